The van der Waals surface area contributed by atoms with E-state index in [1.165, 1.54) is 16.2 Å². The van der Waals surface area contributed by atoms with Gasteiger partial charge in [0.1, 0.15) is 17.7 Å². The molecule has 5 N–H and O–H groups in total. The van der Waals surface area contributed by atoms with Crippen LogP contribution >= 0.6 is 11.3 Å². The fraction of sp³-hybridized carbons (Fsp3) is 0.462. The molecular weight excluding hydrogens is 494 g/mol. The summed E-state index contributed by atoms with van der Waals surface area (Å²) >= 11 is 1.25. The van der Waals surface area contributed by atoms with Gasteiger partial charge in [-0.25, -0.2) is 4.79 Å². The van der Waals surface area contributed by atoms with Gasteiger partial charge >= 0.3 is 6.09 Å². The van der Waals surface area contributed by atoms with Crippen molar-refractivity contribution in [2.75, 3.05) is 6.54 Å². The standard InChI is InChI=1S/C26H35N5O5S/c1-16(23(32)28-15-19-10-11-21(37-19)22(27)30-35)29-24(33)20-14-18(17-8-6-5-7-9-17)12-13-31(20)25(34)36-26(2,3)4/h5-11,16,18,20,35H,12-15H2,1-4H3,(H2,27,30)(H,28,32)(H,29,33)/t16-,18-,20+/m0/s1. The third-order valence-corrected chi connectivity index (χ3v) is 7.09. The van der Waals surface area contributed by atoms with Crippen LogP contribution in [0.5, 0.6) is 0 Å². The van der Waals surface area contributed by atoms with Crippen molar-refractivity contribution in [1.29, 1.82) is 5.40 Å². The fourth-order valence-electron chi connectivity index (χ4n) is 4.14. The number of nitrogens with zero attached hydrogens (tertiary/aromatic N) is 1. The van der Waals surface area contributed by atoms with Crippen molar-refractivity contribution in [3.05, 3.63) is 57.8 Å². The first-order valence-corrected chi connectivity index (χ1v) is 13.0. The van der Waals surface area contributed by atoms with Gasteiger partial charge in [0, 0.05) is 11.4 Å². The highest BCUT2D eigenvalue weighted by Gasteiger charge is 2.39. The summed E-state index contributed by atoms with van der Waals surface area (Å²) in [5.74, 6) is -0.706. The number of amides is 3. The summed E-state index contributed by atoms with van der Waals surface area (Å²) in [6.07, 6.45) is 0.563. The minimum Gasteiger partial charge on any atom is -0.444 e. The Morgan fingerprint density at radius 3 is 2.62 bits per heavy atom. The van der Waals surface area contributed by atoms with Crippen LogP contribution in [0.15, 0.2) is 42.5 Å². The van der Waals surface area contributed by atoms with E-state index in [0.29, 0.717) is 24.3 Å². The van der Waals surface area contributed by atoms with Crippen LogP contribution in [0.3, 0.4) is 0 Å². The maximum Gasteiger partial charge on any atom is 0.410 e. The van der Waals surface area contributed by atoms with E-state index in [1.54, 1.807) is 39.8 Å². The van der Waals surface area contributed by atoms with E-state index in [0.717, 1.165) is 10.4 Å². The first kappa shape index (κ1) is 26.6. The molecule has 1 saturated heterocycles. The molecule has 1 aliphatic rings. The molecule has 0 aliphatic carbocycles. The molecule has 0 radical (unpaired) electrons. The van der Waals surface area contributed by atoms with Gasteiger partial charge in [-0.1, -0.05) is 30.3 Å². The van der Waals surface area contributed by atoms with Gasteiger partial charge in [-0.3, -0.25) is 30.6 Å². The predicted molar refractivity (Wildman–Crippen MR) is 141 cm³/mol. The molecule has 3 rings (SSSR count). The van der Waals surface area contributed by atoms with Gasteiger partial charge in [-0.2, -0.15) is 0 Å². The van der Waals surface area contributed by atoms with Gasteiger partial charge in [0.15, 0.2) is 7.25 Å². The summed E-state index contributed by atoms with van der Waals surface area (Å²) in [4.78, 5) is 41.9. The highest BCUT2D eigenvalue weighted by Crippen LogP contribution is 2.32. The number of carbonyl (C=O) groups excluding carboxylic acids is 3. The van der Waals surface area contributed by atoms with Crippen molar-refractivity contribution in [2.45, 2.75) is 70.7 Å². The molecule has 200 valence electrons. The van der Waals surface area contributed by atoms with Crippen LogP contribution in [-0.2, 0) is 20.9 Å². The summed E-state index contributed by atoms with van der Waals surface area (Å²) in [6, 6.07) is 11.7. The van der Waals surface area contributed by atoms with E-state index in [9.17, 15) is 14.4 Å². The molecule has 11 heteroatoms. The number of hydrogen-bond donors (Lipinski definition) is 5. The van der Waals surface area contributed by atoms with Crippen LogP contribution in [0.4, 0.5) is 4.79 Å². The molecule has 0 spiro atoms. The Morgan fingerprint density at radius 2 is 1.97 bits per heavy atom. The summed E-state index contributed by atoms with van der Waals surface area (Å²) in [7, 11) is 0. The van der Waals surface area contributed by atoms with Crippen LogP contribution in [0.25, 0.3) is 0 Å². The summed E-state index contributed by atoms with van der Waals surface area (Å²) in [6.45, 7) is 7.48. The number of ether oxygens (including phenoxy) is 1. The van der Waals surface area contributed by atoms with Crippen molar-refractivity contribution < 1.29 is 25.7 Å². The first-order chi connectivity index (χ1) is 18.0. The first-order valence-electron chi connectivity index (χ1n) is 12.6. The molecular formula is C26H35N5O5S. The minimum atomic E-state index is -0.844. The maximum atomic E-state index is 13.4. The monoisotopic (exact) mass is 529 g/mol. The van der Waals surface area contributed by atoms with Crippen LogP contribution < -0.4 is 16.1 Å². The number of hydrogen-bond acceptors (Lipinski definition) is 7. The van der Waals surface area contributed by atoms with E-state index in [1.807, 2.05) is 35.8 Å². The number of carbonyl (C=O) groups is 3. The molecule has 1 aliphatic heterocycles. The van der Waals surface area contributed by atoms with E-state index < -0.39 is 29.7 Å². The predicted octanol–water partition coefficient (Wildman–Crippen LogP) is 3.36. The number of rotatable bonds is 7. The zero-order valence-electron chi connectivity index (χ0n) is 22.5. The highest BCUT2D eigenvalue weighted by atomic mass is 32.1. The smallest absolute Gasteiger partial charge is 0.410 e. The van der Waals surface area contributed by atoms with Crippen molar-refractivity contribution in [3.8, 4) is 0 Å². The second-order valence-corrected chi connectivity index (χ2v) is 11.2. The largest absolute Gasteiger partial charge is 0.444 e. The van der Waals surface area contributed by atoms with E-state index in [2.05, 4.69) is 16.0 Å². The van der Waals surface area contributed by atoms with E-state index in [-0.39, 0.29) is 24.2 Å². The van der Waals surface area contributed by atoms with Gasteiger partial charge in [-0.15, -0.1) is 11.3 Å². The second kappa shape index (κ2) is 12.2. The lowest BCUT2D eigenvalue weighted by atomic mass is 9.85. The van der Waals surface area contributed by atoms with Crippen molar-refractivity contribution in [3.63, 3.8) is 0 Å². The van der Waals surface area contributed by atoms with Gasteiger partial charge < -0.3 is 15.4 Å². The summed E-state index contributed by atoms with van der Waals surface area (Å²) in [5, 5.41) is 17.8. The number of hydroxylamine groups is 1. The van der Waals surface area contributed by atoms with E-state index in [4.69, 9.17) is 11.4 Å². The molecule has 10 nitrogen and oxygen atoms in total. The third-order valence-electron chi connectivity index (χ3n) is 5.99. The number of amidine groups is 1. The third kappa shape index (κ3) is 7.77. The van der Waals surface area contributed by atoms with E-state index >= 15 is 0 Å². The molecule has 2 heterocycles. The minimum absolute atomic E-state index is 0.00374. The number of benzene rings is 1. The molecule has 37 heavy (non-hydrogen) atoms. The van der Waals surface area contributed by atoms with Gasteiger partial charge in [0.2, 0.25) is 11.8 Å². The molecule has 3 atom stereocenters. The zero-order chi connectivity index (χ0) is 27.9. The van der Waals surface area contributed by atoms with Crippen LogP contribution in [0.1, 0.15) is 61.8 Å². The normalized spacial score (nSPS) is 19.4. The number of piperidine rings is 1. The Morgan fingerprint density at radius 1 is 1.24 bits per heavy atom. The Bertz CT molecular complexity index is 1150. The average molecular weight is 530 g/mol. The molecule has 0 unspecified atom stereocenters. The highest BCUT2D eigenvalue weighted by molar-refractivity contribution is 7.14. The summed E-state index contributed by atoms with van der Waals surface area (Å²) < 4.78 is 12.6. The lowest BCUT2D eigenvalue weighted by Gasteiger charge is -2.39. The molecule has 0 saturated carbocycles. The van der Waals surface area contributed by atoms with Crippen LogP contribution in [0.2, 0.25) is 1.41 Å². The average Bonchev–Trinajstić information content (AvgIpc) is 3.35. The second-order valence-electron chi connectivity index (χ2n) is 10.00. The zero-order valence-corrected chi connectivity index (χ0v) is 22.3. The van der Waals surface area contributed by atoms with Crippen molar-refractivity contribution in [2.24, 2.45) is 0 Å². The maximum absolute atomic E-state index is 13.4. The van der Waals surface area contributed by atoms with Crippen LogP contribution in [-0.4, -0.2) is 58.1 Å². The topological polar surface area (TPSA) is 144 Å². The molecule has 0 bridgehead atoms. The molecule has 3 amide bonds. The quantitative estimate of drug-likeness (QED) is 0.211. The van der Waals surface area contributed by atoms with Gasteiger partial charge in [0.05, 0.1) is 11.4 Å². The van der Waals surface area contributed by atoms with Crippen molar-refractivity contribution in [1.82, 2.24) is 21.0 Å². The number of nitrogens with one attached hydrogen (secondary N) is 4. The van der Waals surface area contributed by atoms with Crippen molar-refractivity contribution >= 4 is 35.1 Å². The fourth-order valence-corrected chi connectivity index (χ4v) is 4.98. The van der Waals surface area contributed by atoms with Crippen LogP contribution in [0, 0.1) is 5.40 Å². The van der Waals surface area contributed by atoms with Gasteiger partial charge in [-0.05, 0) is 64.2 Å². The Kier molecular flexibility index (Phi) is 8.78. The molecule has 2 aromatic rings. The Balaban J connectivity index is 1.65. The lowest BCUT2D eigenvalue weighted by molar-refractivity contribution is -0.132. The molecule has 1 aromatic heterocycles. The lowest BCUT2D eigenvalue weighted by Crippen LogP contribution is -2.57. The molecule has 1 fully saturated rings. The molecule has 1 aromatic carbocycles. The van der Waals surface area contributed by atoms with Gasteiger partial charge in [0.25, 0.3) is 0 Å². The summed E-state index contributed by atoms with van der Waals surface area (Å²) in [5.41, 5.74) is 2.25. The Labute approximate surface area is 222 Å². The number of likely N-dealkylation sites (tertiary alicyclic amines) is 1. The number of thiophene rings is 1. The Hall–Kier alpha value is -3.44. The SMILES string of the molecule is [H]/N=C(\NO)c1ccc(CNC(=O)[C@H](C)NC(=O)[C@H]2C[C@@H](c3ccccc3)CCN2C(=O)OC(C)(C)C)s1.